The minimum absolute atomic E-state index is 0.132. The summed E-state index contributed by atoms with van der Waals surface area (Å²) in [6.07, 6.45) is 0. The van der Waals surface area contributed by atoms with Crippen molar-refractivity contribution in [1.29, 1.82) is 0 Å². The average molecular weight is 265 g/mol. The van der Waals surface area contributed by atoms with Gasteiger partial charge >= 0.3 is 0 Å². The number of hydrogen-bond donors (Lipinski definition) is 2. The average Bonchev–Trinajstić information content (AvgIpc) is 2.88. The fraction of sp³-hybridized carbons (Fsp3) is 0.500. The van der Waals surface area contributed by atoms with Crippen molar-refractivity contribution < 1.29 is 0 Å². The lowest BCUT2D eigenvalue weighted by Gasteiger charge is -2.14. The summed E-state index contributed by atoms with van der Waals surface area (Å²) in [5.41, 5.74) is 8.68. The van der Waals surface area contributed by atoms with Crippen molar-refractivity contribution in [2.75, 3.05) is 11.1 Å². The zero-order valence-corrected chi connectivity index (χ0v) is 12.0. The van der Waals surface area contributed by atoms with Crippen LogP contribution < -0.4 is 11.1 Å². The van der Waals surface area contributed by atoms with Crippen LogP contribution in [0.1, 0.15) is 36.3 Å². The standard InChI is InChI=1S/C12H19N5S/c1-5-17-11(10(13)8(3)16-17)15-9(4)12-14-7(2)6-18-12/h6,9,15H,5,13H2,1-4H3. The van der Waals surface area contributed by atoms with Crippen LogP contribution in [0.3, 0.4) is 0 Å². The maximum Gasteiger partial charge on any atom is 0.148 e. The van der Waals surface area contributed by atoms with E-state index in [1.807, 2.05) is 18.5 Å². The molecule has 2 rings (SSSR count). The molecule has 2 aromatic rings. The summed E-state index contributed by atoms with van der Waals surface area (Å²) in [7, 11) is 0. The van der Waals surface area contributed by atoms with E-state index in [4.69, 9.17) is 5.73 Å². The molecular formula is C12H19N5S. The Kier molecular flexibility index (Phi) is 3.56. The van der Waals surface area contributed by atoms with Crippen molar-refractivity contribution in [2.24, 2.45) is 0 Å². The van der Waals surface area contributed by atoms with Gasteiger partial charge in [-0.2, -0.15) is 5.10 Å². The first-order valence-electron chi connectivity index (χ1n) is 6.04. The van der Waals surface area contributed by atoms with Gasteiger partial charge in [0, 0.05) is 17.6 Å². The number of nitrogens with zero attached hydrogens (tertiary/aromatic N) is 3. The molecule has 0 spiro atoms. The predicted molar refractivity (Wildman–Crippen MR) is 75.9 cm³/mol. The SMILES string of the molecule is CCn1nc(C)c(N)c1NC(C)c1nc(C)cs1. The lowest BCUT2D eigenvalue weighted by molar-refractivity contribution is 0.651. The topological polar surface area (TPSA) is 68.8 Å². The van der Waals surface area contributed by atoms with Gasteiger partial charge in [-0.05, 0) is 27.7 Å². The molecule has 18 heavy (non-hydrogen) atoms. The van der Waals surface area contributed by atoms with E-state index in [9.17, 15) is 0 Å². The fourth-order valence-electron chi connectivity index (χ4n) is 1.81. The normalized spacial score (nSPS) is 12.7. The maximum atomic E-state index is 6.05. The lowest BCUT2D eigenvalue weighted by atomic mass is 10.3. The molecule has 0 aliphatic heterocycles. The summed E-state index contributed by atoms with van der Waals surface area (Å²) in [5, 5.41) is 10.9. The van der Waals surface area contributed by atoms with Gasteiger partial charge in [-0.25, -0.2) is 9.67 Å². The minimum Gasteiger partial charge on any atom is -0.394 e. The quantitative estimate of drug-likeness (QED) is 0.892. The Morgan fingerprint density at radius 1 is 1.50 bits per heavy atom. The highest BCUT2D eigenvalue weighted by atomic mass is 32.1. The predicted octanol–water partition coefficient (Wildman–Crippen LogP) is 2.73. The van der Waals surface area contributed by atoms with Crippen LogP contribution >= 0.6 is 11.3 Å². The number of aryl methyl sites for hydroxylation is 3. The van der Waals surface area contributed by atoms with Gasteiger partial charge < -0.3 is 11.1 Å². The molecule has 5 nitrogen and oxygen atoms in total. The van der Waals surface area contributed by atoms with Crippen LogP contribution in [-0.4, -0.2) is 14.8 Å². The Morgan fingerprint density at radius 2 is 2.22 bits per heavy atom. The molecule has 0 bridgehead atoms. The Labute approximate surface area is 111 Å². The molecular weight excluding hydrogens is 246 g/mol. The Bertz CT molecular complexity index is 543. The molecule has 3 N–H and O–H groups in total. The van der Waals surface area contributed by atoms with Gasteiger partial charge in [0.15, 0.2) is 0 Å². The van der Waals surface area contributed by atoms with Gasteiger partial charge in [0.1, 0.15) is 10.8 Å². The van der Waals surface area contributed by atoms with E-state index in [0.717, 1.165) is 34.4 Å². The number of nitrogens with one attached hydrogen (secondary N) is 1. The van der Waals surface area contributed by atoms with Gasteiger partial charge in [0.05, 0.1) is 17.4 Å². The van der Waals surface area contributed by atoms with Gasteiger partial charge in [-0.1, -0.05) is 0 Å². The summed E-state index contributed by atoms with van der Waals surface area (Å²) in [5.74, 6) is 0.885. The Hall–Kier alpha value is -1.56. The van der Waals surface area contributed by atoms with Crippen molar-refractivity contribution in [1.82, 2.24) is 14.8 Å². The molecule has 0 saturated heterocycles. The zero-order valence-electron chi connectivity index (χ0n) is 11.2. The summed E-state index contributed by atoms with van der Waals surface area (Å²) in [4.78, 5) is 4.48. The summed E-state index contributed by atoms with van der Waals surface area (Å²) >= 11 is 1.66. The van der Waals surface area contributed by atoms with Crippen LogP contribution in [0.15, 0.2) is 5.38 Å². The third-order valence-corrected chi connectivity index (χ3v) is 3.98. The molecule has 6 heteroatoms. The number of nitrogens with two attached hydrogens (primary N) is 1. The van der Waals surface area contributed by atoms with Crippen LogP contribution in [0.4, 0.5) is 11.5 Å². The molecule has 2 aromatic heterocycles. The van der Waals surface area contributed by atoms with Gasteiger partial charge in [0.25, 0.3) is 0 Å². The third kappa shape index (κ3) is 2.33. The van der Waals surface area contributed by atoms with E-state index >= 15 is 0 Å². The number of rotatable bonds is 4. The monoisotopic (exact) mass is 265 g/mol. The van der Waals surface area contributed by atoms with E-state index in [1.165, 1.54) is 0 Å². The molecule has 1 unspecified atom stereocenters. The van der Waals surface area contributed by atoms with Gasteiger partial charge in [-0.15, -0.1) is 11.3 Å². The van der Waals surface area contributed by atoms with Crippen LogP contribution in [0, 0.1) is 13.8 Å². The van der Waals surface area contributed by atoms with Gasteiger partial charge in [0.2, 0.25) is 0 Å². The second-order valence-electron chi connectivity index (χ2n) is 4.36. The molecule has 2 heterocycles. The fourth-order valence-corrected chi connectivity index (χ4v) is 2.62. The van der Waals surface area contributed by atoms with E-state index in [1.54, 1.807) is 11.3 Å². The summed E-state index contributed by atoms with van der Waals surface area (Å²) < 4.78 is 1.89. The number of nitrogen functional groups attached to an aromatic ring is 1. The highest BCUT2D eigenvalue weighted by Crippen LogP contribution is 2.27. The first kappa shape index (κ1) is 12.9. The molecule has 0 fully saturated rings. The molecule has 98 valence electrons. The van der Waals surface area contributed by atoms with Crippen LogP contribution in [0.2, 0.25) is 0 Å². The molecule has 0 aliphatic carbocycles. The van der Waals surface area contributed by atoms with E-state index in [0.29, 0.717) is 0 Å². The maximum absolute atomic E-state index is 6.05. The van der Waals surface area contributed by atoms with Crippen molar-refractivity contribution in [2.45, 2.75) is 40.3 Å². The van der Waals surface area contributed by atoms with E-state index < -0.39 is 0 Å². The summed E-state index contributed by atoms with van der Waals surface area (Å²) in [6.45, 7) is 8.85. The van der Waals surface area contributed by atoms with E-state index in [-0.39, 0.29) is 6.04 Å². The highest BCUT2D eigenvalue weighted by molar-refractivity contribution is 7.09. The molecule has 0 saturated carbocycles. The number of anilines is 2. The smallest absolute Gasteiger partial charge is 0.148 e. The summed E-state index contributed by atoms with van der Waals surface area (Å²) in [6, 6.07) is 0.132. The molecule has 1 atom stereocenters. The van der Waals surface area contributed by atoms with Gasteiger partial charge in [-0.3, -0.25) is 0 Å². The highest BCUT2D eigenvalue weighted by Gasteiger charge is 2.16. The number of hydrogen-bond acceptors (Lipinski definition) is 5. The Balaban J connectivity index is 2.23. The van der Waals surface area contributed by atoms with Crippen LogP contribution in [-0.2, 0) is 6.54 Å². The van der Waals surface area contributed by atoms with Crippen molar-refractivity contribution in [3.63, 3.8) is 0 Å². The molecule has 0 aliphatic rings. The lowest BCUT2D eigenvalue weighted by Crippen LogP contribution is -2.12. The van der Waals surface area contributed by atoms with Crippen LogP contribution in [0.25, 0.3) is 0 Å². The molecule has 0 radical (unpaired) electrons. The van der Waals surface area contributed by atoms with Crippen molar-refractivity contribution >= 4 is 22.8 Å². The van der Waals surface area contributed by atoms with Crippen LogP contribution in [0.5, 0.6) is 0 Å². The second kappa shape index (κ2) is 4.97. The molecule has 0 amide bonds. The third-order valence-electron chi connectivity index (χ3n) is 2.83. The number of aromatic nitrogens is 3. The van der Waals surface area contributed by atoms with E-state index in [2.05, 4.69) is 34.6 Å². The largest absolute Gasteiger partial charge is 0.394 e. The molecule has 0 aromatic carbocycles. The minimum atomic E-state index is 0.132. The van der Waals surface area contributed by atoms with Crippen molar-refractivity contribution in [3.8, 4) is 0 Å². The first-order chi connectivity index (χ1) is 8.52. The first-order valence-corrected chi connectivity index (χ1v) is 6.92. The second-order valence-corrected chi connectivity index (χ2v) is 5.25. The zero-order chi connectivity index (χ0) is 13.3. The Morgan fingerprint density at radius 3 is 2.78 bits per heavy atom. The number of thiazole rings is 1. The van der Waals surface area contributed by atoms with Crippen molar-refractivity contribution in [3.05, 3.63) is 21.8 Å².